The lowest BCUT2D eigenvalue weighted by Gasteiger charge is -2.24. The first-order valence-electron chi connectivity index (χ1n) is 19.9. The van der Waals surface area contributed by atoms with E-state index in [1.165, 1.54) is 0 Å². The number of fused-ring (bicyclic) bond motifs is 1. The van der Waals surface area contributed by atoms with Gasteiger partial charge in [-0.1, -0.05) is 182 Å². The summed E-state index contributed by atoms with van der Waals surface area (Å²) in [4.78, 5) is 20.6. The van der Waals surface area contributed by atoms with Crippen LogP contribution in [0.1, 0.15) is 28.4 Å². The number of hydrogen-bond donors (Lipinski definition) is 1. The van der Waals surface area contributed by atoms with Crippen molar-refractivity contribution in [1.82, 2.24) is 15.3 Å². The van der Waals surface area contributed by atoms with Gasteiger partial charge in [0, 0.05) is 27.6 Å². The molecule has 1 N–H and O–H groups in total. The largest absolute Gasteiger partial charge is 0.344 e. The predicted molar refractivity (Wildman–Crippen MR) is 243 cm³/mol. The molecule has 0 fully saturated rings. The monoisotopic (exact) mass is 768 g/mol. The number of rotatable bonds is 8. The van der Waals surface area contributed by atoms with Crippen LogP contribution in [0, 0.1) is 11.3 Å². The van der Waals surface area contributed by atoms with E-state index in [-0.39, 0.29) is 6.17 Å². The standard InChI is InChI=1S/C54H36N6/c55-35-36-15-13-20-41(33-36)37-29-31-40(32-30-37)53-58-52(39-18-5-2-6-19-39)59-54(60-53)47-26-10-8-24-45(47)43-22-14-21-42(34-43)44-23-7-9-25-46(44)50-48-27-11-12-28-49(48)56-51(57-50)38-16-3-1-4-17-38/h1-34,53H,(H,58,59,60). The molecule has 10 rings (SSSR count). The molecule has 8 aromatic carbocycles. The number of aromatic nitrogens is 2. The van der Waals surface area contributed by atoms with Crippen LogP contribution in [0.15, 0.2) is 216 Å². The quantitative estimate of drug-likeness (QED) is 0.167. The minimum absolute atomic E-state index is 0.387. The molecule has 1 aromatic heterocycles. The zero-order valence-corrected chi connectivity index (χ0v) is 32.4. The second kappa shape index (κ2) is 15.9. The number of nitrogens with zero attached hydrogens (tertiary/aromatic N) is 5. The van der Waals surface area contributed by atoms with Gasteiger partial charge in [-0.05, 0) is 63.2 Å². The van der Waals surface area contributed by atoms with Gasteiger partial charge in [0.1, 0.15) is 12.0 Å². The molecule has 1 atom stereocenters. The van der Waals surface area contributed by atoms with E-state index < -0.39 is 0 Å². The second-order valence-corrected chi connectivity index (χ2v) is 14.6. The van der Waals surface area contributed by atoms with Gasteiger partial charge in [-0.3, -0.25) is 0 Å². The highest BCUT2D eigenvalue weighted by Crippen LogP contribution is 2.38. The van der Waals surface area contributed by atoms with Gasteiger partial charge in [-0.2, -0.15) is 5.26 Å². The lowest BCUT2D eigenvalue weighted by Crippen LogP contribution is -2.33. The molecule has 6 heteroatoms. The van der Waals surface area contributed by atoms with Crippen molar-refractivity contribution in [2.45, 2.75) is 6.17 Å². The summed E-state index contributed by atoms with van der Waals surface area (Å²) in [5.41, 5.74) is 13.6. The minimum Gasteiger partial charge on any atom is -0.344 e. The molecule has 1 aliphatic rings. The van der Waals surface area contributed by atoms with Gasteiger partial charge >= 0.3 is 0 Å². The molecular formula is C54H36N6. The van der Waals surface area contributed by atoms with Crippen molar-refractivity contribution in [3.05, 3.63) is 229 Å². The van der Waals surface area contributed by atoms with E-state index in [1.807, 2.05) is 78.9 Å². The maximum Gasteiger partial charge on any atom is 0.160 e. The molecule has 0 amide bonds. The average Bonchev–Trinajstić information content (AvgIpc) is 3.34. The molecule has 1 unspecified atom stereocenters. The van der Waals surface area contributed by atoms with E-state index in [0.29, 0.717) is 17.2 Å². The Hall–Kier alpha value is -8.27. The van der Waals surface area contributed by atoms with E-state index in [0.717, 1.165) is 83.6 Å². The molecule has 60 heavy (non-hydrogen) atoms. The molecular weight excluding hydrogens is 733 g/mol. The normalized spacial score (nSPS) is 13.5. The maximum atomic E-state index is 9.46. The van der Waals surface area contributed by atoms with Crippen molar-refractivity contribution in [2.75, 3.05) is 0 Å². The Kier molecular flexibility index (Phi) is 9.59. The van der Waals surface area contributed by atoms with Crippen LogP contribution in [-0.4, -0.2) is 21.6 Å². The predicted octanol–water partition coefficient (Wildman–Crippen LogP) is 12.3. The number of para-hydroxylation sites is 1. The molecule has 0 aliphatic carbocycles. The van der Waals surface area contributed by atoms with Crippen molar-refractivity contribution in [3.63, 3.8) is 0 Å². The van der Waals surface area contributed by atoms with Gasteiger partial charge in [-0.15, -0.1) is 0 Å². The van der Waals surface area contributed by atoms with E-state index in [2.05, 4.69) is 139 Å². The molecule has 0 spiro atoms. The van der Waals surface area contributed by atoms with Crippen LogP contribution in [0.5, 0.6) is 0 Å². The zero-order chi connectivity index (χ0) is 40.3. The van der Waals surface area contributed by atoms with Crippen LogP contribution in [0.25, 0.3) is 66.9 Å². The highest BCUT2D eigenvalue weighted by molar-refractivity contribution is 6.15. The van der Waals surface area contributed by atoms with Crippen molar-refractivity contribution in [2.24, 2.45) is 9.98 Å². The first-order valence-corrected chi connectivity index (χ1v) is 19.9. The second-order valence-electron chi connectivity index (χ2n) is 14.6. The Morgan fingerprint density at radius 1 is 0.450 bits per heavy atom. The van der Waals surface area contributed by atoms with Crippen LogP contribution in [-0.2, 0) is 0 Å². The number of nitriles is 1. The van der Waals surface area contributed by atoms with Crippen molar-refractivity contribution in [3.8, 4) is 62.1 Å². The number of amidine groups is 2. The van der Waals surface area contributed by atoms with E-state index in [4.69, 9.17) is 20.0 Å². The lowest BCUT2D eigenvalue weighted by molar-refractivity contribution is 0.674. The Morgan fingerprint density at radius 3 is 1.77 bits per heavy atom. The number of hydrogen-bond acceptors (Lipinski definition) is 6. The highest BCUT2D eigenvalue weighted by Gasteiger charge is 2.23. The summed E-state index contributed by atoms with van der Waals surface area (Å²) in [7, 11) is 0. The van der Waals surface area contributed by atoms with Crippen LogP contribution < -0.4 is 5.32 Å². The van der Waals surface area contributed by atoms with E-state index >= 15 is 0 Å². The summed E-state index contributed by atoms with van der Waals surface area (Å²) in [6, 6.07) is 72.3. The first-order chi connectivity index (χ1) is 29.7. The molecule has 0 radical (unpaired) electrons. The molecule has 0 saturated carbocycles. The van der Waals surface area contributed by atoms with Crippen molar-refractivity contribution >= 4 is 22.6 Å². The van der Waals surface area contributed by atoms with Crippen LogP contribution >= 0.6 is 0 Å². The number of benzene rings is 8. The van der Waals surface area contributed by atoms with Crippen molar-refractivity contribution < 1.29 is 0 Å². The van der Waals surface area contributed by atoms with Gasteiger partial charge in [0.05, 0.1) is 22.8 Å². The summed E-state index contributed by atoms with van der Waals surface area (Å²) < 4.78 is 0. The van der Waals surface area contributed by atoms with Gasteiger partial charge in [0.15, 0.2) is 11.7 Å². The summed E-state index contributed by atoms with van der Waals surface area (Å²) in [6.07, 6.45) is -0.387. The van der Waals surface area contributed by atoms with Crippen LogP contribution in [0.2, 0.25) is 0 Å². The molecule has 6 nitrogen and oxygen atoms in total. The third kappa shape index (κ3) is 7.13. The van der Waals surface area contributed by atoms with E-state index in [1.54, 1.807) is 0 Å². The van der Waals surface area contributed by atoms with Gasteiger partial charge < -0.3 is 5.32 Å². The van der Waals surface area contributed by atoms with E-state index in [9.17, 15) is 5.26 Å². The fourth-order valence-electron chi connectivity index (χ4n) is 7.83. The SMILES string of the molecule is N#Cc1cccc(-c2ccc(C3N=C(c4ccccc4-c4cccc(-c5ccccc5-c5nc(-c6ccccc6)nc6ccccc56)c4)N=C(c4ccccc4)N3)cc2)c1. The molecule has 2 heterocycles. The summed E-state index contributed by atoms with van der Waals surface area (Å²) in [6.45, 7) is 0. The summed E-state index contributed by atoms with van der Waals surface area (Å²) in [5, 5.41) is 14.1. The number of nitrogens with one attached hydrogen (secondary N) is 1. The summed E-state index contributed by atoms with van der Waals surface area (Å²) >= 11 is 0. The average molecular weight is 769 g/mol. The Morgan fingerprint density at radius 2 is 1.03 bits per heavy atom. The Bertz CT molecular complexity index is 3130. The maximum absolute atomic E-state index is 9.46. The van der Waals surface area contributed by atoms with Gasteiger partial charge in [0.2, 0.25) is 0 Å². The fourth-order valence-corrected chi connectivity index (χ4v) is 7.83. The zero-order valence-electron chi connectivity index (χ0n) is 32.4. The first kappa shape index (κ1) is 36.1. The van der Waals surface area contributed by atoms with Gasteiger partial charge in [-0.25, -0.2) is 20.0 Å². The molecule has 1 aliphatic heterocycles. The molecule has 282 valence electrons. The highest BCUT2D eigenvalue weighted by atomic mass is 15.2. The molecule has 0 bridgehead atoms. The van der Waals surface area contributed by atoms with Crippen LogP contribution in [0.4, 0.5) is 0 Å². The minimum atomic E-state index is -0.387. The Labute approximate surface area is 348 Å². The van der Waals surface area contributed by atoms with Crippen LogP contribution in [0.3, 0.4) is 0 Å². The number of aliphatic imine (C=N–C) groups is 2. The smallest absolute Gasteiger partial charge is 0.160 e. The van der Waals surface area contributed by atoms with Crippen molar-refractivity contribution in [1.29, 1.82) is 5.26 Å². The van der Waals surface area contributed by atoms with Gasteiger partial charge in [0.25, 0.3) is 0 Å². The topological polar surface area (TPSA) is 86.3 Å². The molecule has 9 aromatic rings. The Balaban J connectivity index is 1.05. The third-order valence-electron chi connectivity index (χ3n) is 10.8. The summed E-state index contributed by atoms with van der Waals surface area (Å²) in [5.74, 6) is 2.09. The third-order valence-corrected chi connectivity index (χ3v) is 10.8. The lowest BCUT2D eigenvalue weighted by atomic mass is 9.92. The fraction of sp³-hybridized carbons (Fsp3) is 0.0185. The molecule has 0 saturated heterocycles.